The second kappa shape index (κ2) is 4.78. The van der Waals surface area contributed by atoms with Crippen molar-refractivity contribution in [3.8, 4) is 0 Å². The molecule has 0 aliphatic carbocycles. The third-order valence-corrected chi connectivity index (χ3v) is 3.31. The van der Waals surface area contributed by atoms with Crippen LogP contribution in [0.2, 0.25) is 0 Å². The van der Waals surface area contributed by atoms with Crippen LogP contribution in [0.5, 0.6) is 0 Å². The highest BCUT2D eigenvalue weighted by Crippen LogP contribution is 2.22. The summed E-state index contributed by atoms with van der Waals surface area (Å²) in [4.78, 5) is 2.30. The number of hydrogen-bond acceptors (Lipinski definition) is 4. The zero-order valence-electron chi connectivity index (χ0n) is 10.1. The predicted octanol–water partition coefficient (Wildman–Crippen LogP) is 1.35. The van der Waals surface area contributed by atoms with Gasteiger partial charge in [0.05, 0.1) is 5.69 Å². The van der Waals surface area contributed by atoms with Crippen LogP contribution in [0.4, 0.5) is 5.82 Å². The summed E-state index contributed by atoms with van der Waals surface area (Å²) in [6.07, 6.45) is 2.43. The van der Waals surface area contributed by atoms with Crippen LogP contribution in [0.3, 0.4) is 0 Å². The summed E-state index contributed by atoms with van der Waals surface area (Å²) in [5.74, 6) is 1.56. The van der Waals surface area contributed by atoms with Gasteiger partial charge in [-0.1, -0.05) is 0 Å². The Hall–Kier alpha value is -1.16. The molecule has 4 heteroatoms. The van der Waals surface area contributed by atoms with Crippen molar-refractivity contribution < 1.29 is 0 Å². The van der Waals surface area contributed by atoms with E-state index in [-0.39, 0.29) is 6.04 Å². The standard InChI is InChI=1S/C12H20N4/c1-9-5-6-12(15-14-9)16-7-3-4-11(8-16)10(2)13/h5-6,10-11H,3-4,7-8,13H2,1-2H3. The topological polar surface area (TPSA) is 55.0 Å². The normalized spacial score (nSPS) is 23.2. The molecule has 0 radical (unpaired) electrons. The summed E-state index contributed by atoms with van der Waals surface area (Å²) in [6.45, 7) is 6.13. The first-order chi connectivity index (χ1) is 7.66. The molecule has 1 aromatic rings. The molecule has 0 saturated carbocycles. The Morgan fingerprint density at radius 2 is 2.25 bits per heavy atom. The number of nitrogens with two attached hydrogens (primary N) is 1. The number of piperidine rings is 1. The molecule has 0 aromatic carbocycles. The monoisotopic (exact) mass is 220 g/mol. The Labute approximate surface area is 96.9 Å². The van der Waals surface area contributed by atoms with Gasteiger partial charge in [-0.05, 0) is 44.7 Å². The van der Waals surface area contributed by atoms with E-state index in [4.69, 9.17) is 5.73 Å². The second-order valence-electron chi connectivity index (χ2n) is 4.74. The molecule has 2 heterocycles. The van der Waals surface area contributed by atoms with Crippen LogP contribution >= 0.6 is 0 Å². The molecule has 88 valence electrons. The fraction of sp³-hybridized carbons (Fsp3) is 0.667. The van der Waals surface area contributed by atoms with Crippen molar-refractivity contribution in [1.29, 1.82) is 0 Å². The second-order valence-corrected chi connectivity index (χ2v) is 4.74. The van der Waals surface area contributed by atoms with E-state index >= 15 is 0 Å². The van der Waals surface area contributed by atoms with Crippen molar-refractivity contribution in [2.45, 2.75) is 32.7 Å². The minimum Gasteiger partial charge on any atom is -0.355 e. The van der Waals surface area contributed by atoms with Crippen LogP contribution in [-0.2, 0) is 0 Å². The van der Waals surface area contributed by atoms with Crippen LogP contribution in [0.15, 0.2) is 12.1 Å². The van der Waals surface area contributed by atoms with Crippen molar-refractivity contribution >= 4 is 5.82 Å². The predicted molar refractivity (Wildman–Crippen MR) is 65.4 cm³/mol. The maximum Gasteiger partial charge on any atom is 0.151 e. The SMILES string of the molecule is Cc1ccc(N2CCCC(C(C)N)C2)nn1. The lowest BCUT2D eigenvalue weighted by molar-refractivity contribution is 0.363. The van der Waals surface area contributed by atoms with Crippen LogP contribution in [-0.4, -0.2) is 29.3 Å². The molecule has 2 unspecified atom stereocenters. The van der Waals surface area contributed by atoms with Gasteiger partial charge in [0, 0.05) is 19.1 Å². The molecule has 0 spiro atoms. The zero-order valence-corrected chi connectivity index (χ0v) is 10.1. The lowest BCUT2D eigenvalue weighted by Gasteiger charge is -2.35. The van der Waals surface area contributed by atoms with Crippen LogP contribution in [0.25, 0.3) is 0 Å². The summed E-state index contributed by atoms with van der Waals surface area (Å²) >= 11 is 0. The molecule has 1 aromatic heterocycles. The first kappa shape index (κ1) is 11.3. The minimum atomic E-state index is 0.265. The lowest BCUT2D eigenvalue weighted by Crippen LogP contribution is -2.42. The van der Waals surface area contributed by atoms with Crippen molar-refractivity contribution in [1.82, 2.24) is 10.2 Å². The summed E-state index contributed by atoms with van der Waals surface area (Å²) in [5.41, 5.74) is 6.93. The van der Waals surface area contributed by atoms with Crippen molar-refractivity contribution in [3.05, 3.63) is 17.8 Å². The molecule has 0 amide bonds. The summed E-state index contributed by atoms with van der Waals surface area (Å²) in [5, 5.41) is 8.33. The van der Waals surface area contributed by atoms with E-state index in [1.807, 2.05) is 19.1 Å². The number of hydrogen-bond donors (Lipinski definition) is 1. The van der Waals surface area contributed by atoms with Gasteiger partial charge < -0.3 is 10.6 Å². The van der Waals surface area contributed by atoms with Crippen molar-refractivity contribution in [2.24, 2.45) is 11.7 Å². The Bertz CT molecular complexity index is 333. The van der Waals surface area contributed by atoms with E-state index < -0.39 is 0 Å². The minimum absolute atomic E-state index is 0.265. The Kier molecular flexibility index (Phi) is 3.39. The smallest absolute Gasteiger partial charge is 0.151 e. The fourth-order valence-electron chi connectivity index (χ4n) is 2.21. The first-order valence-electron chi connectivity index (χ1n) is 5.97. The molecular weight excluding hydrogens is 200 g/mol. The molecule has 1 aliphatic heterocycles. The van der Waals surface area contributed by atoms with Gasteiger partial charge in [-0.2, -0.15) is 5.10 Å². The summed E-state index contributed by atoms with van der Waals surface area (Å²) < 4.78 is 0. The van der Waals surface area contributed by atoms with Crippen molar-refractivity contribution in [2.75, 3.05) is 18.0 Å². The van der Waals surface area contributed by atoms with Gasteiger partial charge in [0.1, 0.15) is 0 Å². The van der Waals surface area contributed by atoms with E-state index in [0.29, 0.717) is 5.92 Å². The van der Waals surface area contributed by atoms with Gasteiger partial charge in [0.25, 0.3) is 0 Å². The van der Waals surface area contributed by atoms with E-state index in [1.165, 1.54) is 12.8 Å². The summed E-state index contributed by atoms with van der Waals surface area (Å²) in [7, 11) is 0. The molecule has 2 atom stereocenters. The van der Waals surface area contributed by atoms with E-state index in [1.54, 1.807) is 0 Å². The van der Waals surface area contributed by atoms with Gasteiger partial charge in [-0.15, -0.1) is 5.10 Å². The molecule has 2 N–H and O–H groups in total. The molecule has 1 fully saturated rings. The molecule has 1 aliphatic rings. The number of aryl methyl sites for hydroxylation is 1. The highest BCUT2D eigenvalue weighted by atomic mass is 15.3. The maximum atomic E-state index is 5.97. The third-order valence-electron chi connectivity index (χ3n) is 3.31. The van der Waals surface area contributed by atoms with Gasteiger partial charge in [-0.25, -0.2) is 0 Å². The fourth-order valence-corrected chi connectivity index (χ4v) is 2.21. The van der Waals surface area contributed by atoms with E-state index in [9.17, 15) is 0 Å². The zero-order chi connectivity index (χ0) is 11.5. The molecule has 0 bridgehead atoms. The van der Waals surface area contributed by atoms with Crippen molar-refractivity contribution in [3.63, 3.8) is 0 Å². The average molecular weight is 220 g/mol. The highest BCUT2D eigenvalue weighted by Gasteiger charge is 2.23. The number of aromatic nitrogens is 2. The number of rotatable bonds is 2. The number of nitrogens with zero attached hydrogens (tertiary/aromatic N) is 3. The molecule has 1 saturated heterocycles. The summed E-state index contributed by atoms with van der Waals surface area (Å²) in [6, 6.07) is 4.32. The van der Waals surface area contributed by atoms with Crippen LogP contribution in [0.1, 0.15) is 25.5 Å². The first-order valence-corrected chi connectivity index (χ1v) is 5.97. The average Bonchev–Trinajstić information content (AvgIpc) is 2.30. The maximum absolute atomic E-state index is 5.97. The lowest BCUT2D eigenvalue weighted by atomic mass is 9.92. The Morgan fingerprint density at radius 1 is 1.44 bits per heavy atom. The molecular formula is C12H20N4. The van der Waals surface area contributed by atoms with E-state index in [0.717, 1.165) is 24.6 Å². The Morgan fingerprint density at radius 3 is 2.88 bits per heavy atom. The molecule has 16 heavy (non-hydrogen) atoms. The molecule has 4 nitrogen and oxygen atoms in total. The highest BCUT2D eigenvalue weighted by molar-refractivity contribution is 5.37. The quantitative estimate of drug-likeness (QED) is 0.817. The third kappa shape index (κ3) is 2.50. The van der Waals surface area contributed by atoms with Crippen LogP contribution in [0, 0.1) is 12.8 Å². The van der Waals surface area contributed by atoms with Crippen LogP contribution < -0.4 is 10.6 Å². The van der Waals surface area contributed by atoms with E-state index in [2.05, 4.69) is 22.0 Å². The van der Waals surface area contributed by atoms with Gasteiger partial charge in [0.15, 0.2) is 5.82 Å². The van der Waals surface area contributed by atoms with Gasteiger partial charge in [-0.3, -0.25) is 0 Å². The van der Waals surface area contributed by atoms with Gasteiger partial charge in [0.2, 0.25) is 0 Å². The molecule has 2 rings (SSSR count). The number of anilines is 1. The largest absolute Gasteiger partial charge is 0.355 e. The van der Waals surface area contributed by atoms with Gasteiger partial charge >= 0.3 is 0 Å². The Balaban J connectivity index is 2.06.